The third kappa shape index (κ3) is 5.39. The summed E-state index contributed by atoms with van der Waals surface area (Å²) in [6.07, 6.45) is 0.556. The highest BCUT2D eigenvalue weighted by molar-refractivity contribution is 5.72. The normalized spacial score (nSPS) is 14.1. The fraction of sp³-hybridized carbons (Fsp3) is 0.409. The molecular weight excluding hydrogens is 356 g/mol. The number of carboxylic acids is 1. The number of carbonyl (C=O) groups is 1. The number of aliphatic carboxylic acids is 1. The van der Waals surface area contributed by atoms with Gasteiger partial charge in [-0.05, 0) is 43.2 Å². The smallest absolute Gasteiger partial charge is 0.333 e. The van der Waals surface area contributed by atoms with Crippen LogP contribution in [0.15, 0.2) is 48.5 Å². The molecule has 3 rings (SSSR count). The zero-order valence-corrected chi connectivity index (χ0v) is 16.3. The monoisotopic (exact) mass is 384 g/mol. The lowest BCUT2D eigenvalue weighted by atomic mass is 10.1. The SMILES string of the molecule is CCOC(Cc1cccc(NCCCN2CCOc3ccccc32)c1)C(=O)O. The van der Waals surface area contributed by atoms with Crippen molar-refractivity contribution in [1.82, 2.24) is 0 Å². The van der Waals surface area contributed by atoms with E-state index in [1.165, 1.54) is 0 Å². The Morgan fingerprint density at radius 3 is 2.96 bits per heavy atom. The topological polar surface area (TPSA) is 71.0 Å². The van der Waals surface area contributed by atoms with Gasteiger partial charge in [0.2, 0.25) is 0 Å². The lowest BCUT2D eigenvalue weighted by Crippen LogP contribution is -2.34. The van der Waals surface area contributed by atoms with Gasteiger partial charge in [-0.1, -0.05) is 24.3 Å². The number of fused-ring (bicyclic) bond motifs is 1. The van der Waals surface area contributed by atoms with Crippen molar-refractivity contribution in [3.05, 3.63) is 54.1 Å². The van der Waals surface area contributed by atoms with Gasteiger partial charge in [-0.3, -0.25) is 0 Å². The largest absolute Gasteiger partial charge is 0.490 e. The molecule has 0 saturated heterocycles. The lowest BCUT2D eigenvalue weighted by molar-refractivity contribution is -0.149. The molecule has 0 fully saturated rings. The molecule has 0 bridgehead atoms. The number of rotatable bonds is 10. The molecule has 150 valence electrons. The molecule has 28 heavy (non-hydrogen) atoms. The van der Waals surface area contributed by atoms with Gasteiger partial charge >= 0.3 is 5.97 Å². The molecule has 6 heteroatoms. The number of ether oxygens (including phenoxy) is 2. The van der Waals surface area contributed by atoms with Gasteiger partial charge in [-0.25, -0.2) is 4.79 Å². The standard InChI is InChI=1S/C22H28N2O4/c1-2-27-21(22(25)26)16-17-7-5-8-18(15-17)23-11-6-12-24-13-14-28-20-10-4-3-9-19(20)24/h3-5,7-10,15,21,23H,2,6,11-14,16H2,1H3,(H,25,26). The molecule has 0 spiro atoms. The van der Waals surface area contributed by atoms with E-state index in [2.05, 4.69) is 16.3 Å². The van der Waals surface area contributed by atoms with Crippen molar-refractivity contribution in [1.29, 1.82) is 0 Å². The molecule has 1 atom stereocenters. The Bertz CT molecular complexity index is 781. The summed E-state index contributed by atoms with van der Waals surface area (Å²) in [4.78, 5) is 13.6. The molecule has 6 nitrogen and oxygen atoms in total. The average Bonchev–Trinajstić information content (AvgIpc) is 2.71. The van der Waals surface area contributed by atoms with Gasteiger partial charge in [-0.2, -0.15) is 0 Å². The number of nitrogens with one attached hydrogen (secondary N) is 1. The third-order valence-corrected chi connectivity index (χ3v) is 4.75. The van der Waals surface area contributed by atoms with Crippen molar-refractivity contribution >= 4 is 17.3 Å². The summed E-state index contributed by atoms with van der Waals surface area (Å²) in [5.41, 5.74) is 3.11. The van der Waals surface area contributed by atoms with Crippen LogP contribution in [0.5, 0.6) is 5.75 Å². The van der Waals surface area contributed by atoms with Crippen molar-refractivity contribution in [3.8, 4) is 5.75 Å². The quantitative estimate of drug-likeness (QED) is 0.612. The Kier molecular flexibility index (Phi) is 7.14. The summed E-state index contributed by atoms with van der Waals surface area (Å²) in [5.74, 6) is 0.0303. The van der Waals surface area contributed by atoms with Crippen LogP contribution in [0.2, 0.25) is 0 Å². The fourth-order valence-electron chi connectivity index (χ4n) is 3.40. The van der Waals surface area contributed by atoms with E-state index in [1.807, 2.05) is 42.5 Å². The van der Waals surface area contributed by atoms with Crippen molar-refractivity contribution in [2.75, 3.05) is 43.1 Å². The first kappa shape index (κ1) is 20.0. The Labute approximate surface area is 166 Å². The van der Waals surface area contributed by atoms with Crippen molar-refractivity contribution in [2.24, 2.45) is 0 Å². The highest BCUT2D eigenvalue weighted by Crippen LogP contribution is 2.30. The predicted molar refractivity (Wildman–Crippen MR) is 110 cm³/mol. The molecule has 2 N–H and O–H groups in total. The van der Waals surface area contributed by atoms with E-state index in [1.54, 1.807) is 6.92 Å². The van der Waals surface area contributed by atoms with Crippen LogP contribution in [0.4, 0.5) is 11.4 Å². The number of hydrogen-bond acceptors (Lipinski definition) is 5. The predicted octanol–water partition coefficient (Wildman–Crippen LogP) is 3.42. The van der Waals surface area contributed by atoms with Gasteiger partial charge < -0.3 is 24.8 Å². The van der Waals surface area contributed by atoms with Crippen LogP contribution in [0.25, 0.3) is 0 Å². The van der Waals surface area contributed by atoms with E-state index in [9.17, 15) is 9.90 Å². The van der Waals surface area contributed by atoms with Crippen molar-refractivity contribution in [2.45, 2.75) is 25.9 Å². The highest BCUT2D eigenvalue weighted by atomic mass is 16.5. The number of anilines is 2. The van der Waals surface area contributed by atoms with Crippen LogP contribution < -0.4 is 15.0 Å². The number of benzene rings is 2. The van der Waals surface area contributed by atoms with Crippen LogP contribution in [0, 0.1) is 0 Å². The van der Waals surface area contributed by atoms with Crippen LogP contribution >= 0.6 is 0 Å². The Morgan fingerprint density at radius 2 is 2.14 bits per heavy atom. The van der Waals surface area contributed by atoms with Crippen LogP contribution in [-0.2, 0) is 16.0 Å². The number of hydrogen-bond donors (Lipinski definition) is 2. The molecule has 1 aliphatic heterocycles. The molecule has 0 radical (unpaired) electrons. The van der Waals surface area contributed by atoms with E-state index < -0.39 is 12.1 Å². The lowest BCUT2D eigenvalue weighted by Gasteiger charge is -2.31. The van der Waals surface area contributed by atoms with E-state index in [4.69, 9.17) is 9.47 Å². The summed E-state index contributed by atoms with van der Waals surface area (Å²) in [5, 5.41) is 12.7. The number of nitrogens with zero attached hydrogens (tertiary/aromatic N) is 1. The maximum atomic E-state index is 11.3. The zero-order valence-electron chi connectivity index (χ0n) is 16.3. The van der Waals surface area contributed by atoms with E-state index in [-0.39, 0.29) is 0 Å². The van der Waals surface area contributed by atoms with Gasteiger partial charge in [0.15, 0.2) is 6.10 Å². The molecule has 0 saturated carbocycles. The van der Waals surface area contributed by atoms with Gasteiger partial charge in [0, 0.05) is 31.8 Å². The van der Waals surface area contributed by atoms with Crippen LogP contribution in [0.3, 0.4) is 0 Å². The van der Waals surface area contributed by atoms with Crippen molar-refractivity contribution in [3.63, 3.8) is 0 Å². The van der Waals surface area contributed by atoms with Gasteiger partial charge in [0.05, 0.1) is 12.2 Å². The summed E-state index contributed by atoms with van der Waals surface area (Å²) in [6, 6.07) is 16.0. The molecular formula is C22H28N2O4. The second-order valence-corrected chi connectivity index (χ2v) is 6.77. The highest BCUT2D eigenvalue weighted by Gasteiger charge is 2.18. The molecule has 1 heterocycles. The average molecular weight is 384 g/mol. The molecule has 0 aliphatic carbocycles. The van der Waals surface area contributed by atoms with Gasteiger partial charge in [-0.15, -0.1) is 0 Å². The minimum absolute atomic E-state index is 0.364. The Hall–Kier alpha value is -2.73. The fourth-order valence-corrected chi connectivity index (χ4v) is 3.40. The van der Waals surface area contributed by atoms with Crippen molar-refractivity contribution < 1.29 is 19.4 Å². The second-order valence-electron chi connectivity index (χ2n) is 6.77. The molecule has 2 aromatic carbocycles. The minimum Gasteiger partial charge on any atom is -0.490 e. The molecule has 0 aromatic heterocycles. The first-order valence-corrected chi connectivity index (χ1v) is 9.81. The molecule has 1 unspecified atom stereocenters. The Morgan fingerprint density at radius 1 is 1.29 bits per heavy atom. The maximum Gasteiger partial charge on any atom is 0.333 e. The summed E-state index contributed by atoms with van der Waals surface area (Å²) < 4.78 is 11.0. The zero-order chi connectivity index (χ0) is 19.8. The summed E-state index contributed by atoms with van der Waals surface area (Å²) >= 11 is 0. The van der Waals surface area contributed by atoms with Crippen LogP contribution in [-0.4, -0.2) is 50.0 Å². The Balaban J connectivity index is 1.49. The molecule has 1 aliphatic rings. The first-order valence-electron chi connectivity index (χ1n) is 9.81. The maximum absolute atomic E-state index is 11.3. The minimum atomic E-state index is -0.925. The van der Waals surface area contributed by atoms with Gasteiger partial charge in [0.1, 0.15) is 12.4 Å². The summed E-state index contributed by atoms with van der Waals surface area (Å²) in [7, 11) is 0. The molecule has 2 aromatic rings. The third-order valence-electron chi connectivity index (χ3n) is 4.75. The van der Waals surface area contributed by atoms with Gasteiger partial charge in [0.25, 0.3) is 0 Å². The second kappa shape index (κ2) is 9.99. The first-order chi connectivity index (χ1) is 13.7. The van der Waals surface area contributed by atoms with E-state index >= 15 is 0 Å². The van der Waals surface area contributed by atoms with E-state index in [0.29, 0.717) is 13.0 Å². The van der Waals surface area contributed by atoms with Crippen LogP contribution in [0.1, 0.15) is 18.9 Å². The number of carboxylic acid groups (broad SMARTS) is 1. The van der Waals surface area contributed by atoms with E-state index in [0.717, 1.165) is 55.3 Å². The summed E-state index contributed by atoms with van der Waals surface area (Å²) in [6.45, 7) is 5.62. The number of para-hydroxylation sites is 2. The molecule has 0 amide bonds.